The molecule has 23 heavy (non-hydrogen) atoms. The largest absolute Gasteiger partial charge is 0.467 e. The molecule has 1 aromatic heterocycles. The van der Waals surface area contributed by atoms with Gasteiger partial charge >= 0.3 is 5.97 Å². The molecule has 1 saturated carbocycles. The number of aryl methyl sites for hydroxylation is 1. The number of fused-ring (bicyclic) bond motifs is 1. The minimum atomic E-state index is -0.957. The van der Waals surface area contributed by atoms with Gasteiger partial charge in [0.05, 0.1) is 12.1 Å². The molecule has 0 radical (unpaired) electrons. The predicted molar refractivity (Wildman–Crippen MR) is 86.6 cm³/mol. The summed E-state index contributed by atoms with van der Waals surface area (Å²) in [6.07, 6.45) is 2.90. The van der Waals surface area contributed by atoms with Crippen molar-refractivity contribution in [3.8, 4) is 0 Å². The van der Waals surface area contributed by atoms with Crippen molar-refractivity contribution < 1.29 is 18.7 Å². The first-order valence-corrected chi connectivity index (χ1v) is 7.95. The highest BCUT2D eigenvalue weighted by atomic mass is 35.5. The van der Waals surface area contributed by atoms with E-state index in [0.717, 1.165) is 18.2 Å². The maximum absolute atomic E-state index is 12.7. The molecule has 0 saturated heterocycles. The van der Waals surface area contributed by atoms with Crippen LogP contribution in [0.1, 0.15) is 41.8 Å². The highest BCUT2D eigenvalue weighted by molar-refractivity contribution is 6.35. The lowest BCUT2D eigenvalue weighted by molar-refractivity contribution is -0.148. The van der Waals surface area contributed by atoms with Crippen LogP contribution in [0.5, 0.6) is 0 Å². The van der Waals surface area contributed by atoms with Crippen molar-refractivity contribution in [3.05, 3.63) is 34.5 Å². The number of carbonyl (C=O) groups excluding carboxylic acids is 2. The zero-order valence-electron chi connectivity index (χ0n) is 13.1. The smallest absolute Gasteiger partial charge is 0.331 e. The van der Waals surface area contributed by atoms with Crippen LogP contribution in [0.2, 0.25) is 5.02 Å². The van der Waals surface area contributed by atoms with E-state index in [0.29, 0.717) is 29.0 Å². The number of ether oxygens (including phenoxy) is 1. The van der Waals surface area contributed by atoms with E-state index in [-0.39, 0.29) is 5.76 Å². The fraction of sp³-hybridized carbons (Fsp3) is 0.412. The van der Waals surface area contributed by atoms with E-state index in [1.807, 2.05) is 12.1 Å². The molecule has 2 aromatic rings. The second-order valence-electron chi connectivity index (χ2n) is 5.91. The molecule has 122 valence electrons. The number of hydrogen-bond acceptors (Lipinski definition) is 4. The summed E-state index contributed by atoms with van der Waals surface area (Å²) in [5, 5.41) is 4.08. The van der Waals surface area contributed by atoms with E-state index in [1.165, 1.54) is 7.11 Å². The van der Waals surface area contributed by atoms with Crippen molar-refractivity contribution >= 4 is 34.4 Å². The van der Waals surface area contributed by atoms with Gasteiger partial charge in [0, 0.05) is 10.9 Å². The van der Waals surface area contributed by atoms with Gasteiger partial charge in [-0.15, -0.1) is 0 Å². The predicted octanol–water partition coefficient (Wildman–Crippen LogP) is 3.61. The first-order chi connectivity index (χ1) is 11.0. The summed E-state index contributed by atoms with van der Waals surface area (Å²) in [6.45, 7) is 1.80. The van der Waals surface area contributed by atoms with E-state index in [9.17, 15) is 9.59 Å². The summed E-state index contributed by atoms with van der Waals surface area (Å²) in [7, 11) is 1.33. The van der Waals surface area contributed by atoms with Crippen molar-refractivity contribution in [2.45, 2.75) is 38.1 Å². The van der Waals surface area contributed by atoms with Gasteiger partial charge in [0.1, 0.15) is 5.54 Å². The molecular weight excluding hydrogens is 318 g/mol. The van der Waals surface area contributed by atoms with Crippen LogP contribution in [0, 0.1) is 6.92 Å². The number of hydrogen-bond donors (Lipinski definition) is 1. The number of nitrogens with one attached hydrogen (secondary N) is 1. The monoisotopic (exact) mass is 335 g/mol. The van der Waals surface area contributed by atoms with Crippen LogP contribution in [0.4, 0.5) is 0 Å². The zero-order valence-corrected chi connectivity index (χ0v) is 13.8. The standard InChI is InChI=1S/C17H18ClNO4/c1-10-11-6-5-7-12(18)14(11)23-13(10)15(20)19-17(16(21)22-2)8-3-4-9-17/h5-7H,3-4,8-9H2,1-2H3,(H,19,20). The maximum atomic E-state index is 12.7. The molecule has 0 unspecified atom stereocenters. The van der Waals surface area contributed by atoms with Crippen molar-refractivity contribution in [2.75, 3.05) is 7.11 Å². The van der Waals surface area contributed by atoms with E-state index in [2.05, 4.69) is 5.32 Å². The third-order valence-electron chi connectivity index (χ3n) is 4.51. The molecule has 0 spiro atoms. The molecule has 1 aromatic carbocycles. The van der Waals surface area contributed by atoms with Gasteiger partial charge in [-0.2, -0.15) is 0 Å². The van der Waals surface area contributed by atoms with E-state index < -0.39 is 17.4 Å². The molecule has 6 heteroatoms. The summed E-state index contributed by atoms with van der Waals surface area (Å²) in [5.74, 6) is -0.638. The number of furan rings is 1. The van der Waals surface area contributed by atoms with Gasteiger partial charge in [-0.1, -0.05) is 36.6 Å². The van der Waals surface area contributed by atoms with Crippen LogP contribution < -0.4 is 5.32 Å². The molecule has 1 amide bonds. The lowest BCUT2D eigenvalue weighted by atomic mass is 9.97. The van der Waals surface area contributed by atoms with Crippen LogP contribution in [-0.2, 0) is 9.53 Å². The number of benzene rings is 1. The SMILES string of the molecule is COC(=O)C1(NC(=O)c2oc3c(Cl)cccc3c2C)CCCC1. The molecule has 0 bridgehead atoms. The fourth-order valence-electron chi connectivity index (χ4n) is 3.25. The Labute approximate surface area is 138 Å². The average molecular weight is 336 g/mol. The topological polar surface area (TPSA) is 68.5 Å². The Kier molecular flexibility index (Phi) is 4.06. The van der Waals surface area contributed by atoms with E-state index >= 15 is 0 Å². The van der Waals surface area contributed by atoms with Crippen LogP contribution >= 0.6 is 11.6 Å². The number of rotatable bonds is 3. The highest BCUT2D eigenvalue weighted by Gasteiger charge is 2.44. The van der Waals surface area contributed by atoms with Crippen molar-refractivity contribution in [2.24, 2.45) is 0 Å². The molecule has 0 aliphatic heterocycles. The Bertz CT molecular complexity index is 774. The Morgan fingerprint density at radius 2 is 2.00 bits per heavy atom. The van der Waals surface area contributed by atoms with Crippen LogP contribution in [-0.4, -0.2) is 24.5 Å². The van der Waals surface area contributed by atoms with Crippen molar-refractivity contribution in [1.29, 1.82) is 0 Å². The molecule has 0 atom stereocenters. The summed E-state index contributed by atoms with van der Waals surface area (Å²) in [4.78, 5) is 24.8. The minimum absolute atomic E-state index is 0.184. The molecule has 3 rings (SSSR count). The van der Waals surface area contributed by atoms with E-state index in [4.69, 9.17) is 20.8 Å². The van der Waals surface area contributed by atoms with E-state index in [1.54, 1.807) is 13.0 Å². The second kappa shape index (κ2) is 5.89. The first-order valence-electron chi connectivity index (χ1n) is 7.57. The number of amides is 1. The summed E-state index contributed by atoms with van der Waals surface area (Å²) in [5.41, 5.74) is 0.231. The minimum Gasteiger partial charge on any atom is -0.467 e. The molecule has 1 aliphatic rings. The lowest BCUT2D eigenvalue weighted by Crippen LogP contribution is -2.53. The number of halogens is 1. The molecule has 1 N–H and O–H groups in total. The molecule has 1 fully saturated rings. The van der Waals surface area contributed by atoms with Crippen LogP contribution in [0.15, 0.2) is 22.6 Å². The summed E-state index contributed by atoms with van der Waals surface area (Å²) in [6, 6.07) is 5.37. The summed E-state index contributed by atoms with van der Waals surface area (Å²) < 4.78 is 10.5. The zero-order chi connectivity index (χ0) is 16.6. The van der Waals surface area contributed by atoms with Gasteiger partial charge < -0.3 is 14.5 Å². The second-order valence-corrected chi connectivity index (χ2v) is 6.31. The van der Waals surface area contributed by atoms with Crippen LogP contribution in [0.3, 0.4) is 0 Å². The molecular formula is C17H18ClNO4. The van der Waals surface area contributed by atoms with Gasteiger partial charge in [-0.05, 0) is 25.8 Å². The normalized spacial score (nSPS) is 16.5. The number of esters is 1. The van der Waals surface area contributed by atoms with Gasteiger partial charge in [0.25, 0.3) is 5.91 Å². The van der Waals surface area contributed by atoms with Crippen LogP contribution in [0.25, 0.3) is 11.0 Å². The third kappa shape index (κ3) is 2.59. The number of methoxy groups -OCH3 is 1. The lowest BCUT2D eigenvalue weighted by Gasteiger charge is -2.26. The molecule has 1 heterocycles. The van der Waals surface area contributed by atoms with Gasteiger partial charge in [-0.3, -0.25) is 4.79 Å². The van der Waals surface area contributed by atoms with Gasteiger partial charge in [0.2, 0.25) is 0 Å². The Morgan fingerprint density at radius 1 is 1.30 bits per heavy atom. The van der Waals surface area contributed by atoms with Crippen molar-refractivity contribution in [3.63, 3.8) is 0 Å². The number of carbonyl (C=O) groups is 2. The Balaban J connectivity index is 1.96. The molecule has 1 aliphatic carbocycles. The first kappa shape index (κ1) is 15.9. The summed E-state index contributed by atoms with van der Waals surface area (Å²) >= 11 is 6.12. The highest BCUT2D eigenvalue weighted by Crippen LogP contribution is 2.33. The molecule has 5 nitrogen and oxygen atoms in total. The van der Waals surface area contributed by atoms with Gasteiger partial charge in [0.15, 0.2) is 11.3 Å². The van der Waals surface area contributed by atoms with Crippen molar-refractivity contribution in [1.82, 2.24) is 5.32 Å². The van der Waals surface area contributed by atoms with Gasteiger partial charge in [-0.25, -0.2) is 4.79 Å². The third-order valence-corrected chi connectivity index (χ3v) is 4.81. The maximum Gasteiger partial charge on any atom is 0.331 e. The Morgan fingerprint density at radius 3 is 2.61 bits per heavy atom. The number of para-hydroxylation sites is 1. The fourth-order valence-corrected chi connectivity index (χ4v) is 3.47. The quantitative estimate of drug-likeness (QED) is 0.870. The average Bonchev–Trinajstić information content (AvgIpc) is 3.14. The Hall–Kier alpha value is -2.01.